The molecule has 0 aromatic heterocycles. The van der Waals surface area contributed by atoms with E-state index in [1.54, 1.807) is 13.2 Å². The van der Waals surface area contributed by atoms with Gasteiger partial charge in [-0.15, -0.1) is 0 Å². The Bertz CT molecular complexity index is 607. The van der Waals surface area contributed by atoms with Crippen molar-refractivity contribution in [3.05, 3.63) is 35.9 Å². The zero-order chi connectivity index (χ0) is 15.8. The minimum atomic E-state index is 0.0490. The summed E-state index contributed by atoms with van der Waals surface area (Å²) in [6, 6.07) is 8.15. The lowest BCUT2D eigenvalue weighted by atomic mass is 9.79. The van der Waals surface area contributed by atoms with Gasteiger partial charge in [-0.3, -0.25) is 4.79 Å². The molecule has 23 heavy (non-hydrogen) atoms. The number of amides is 1. The van der Waals surface area contributed by atoms with Crippen LogP contribution in [0.3, 0.4) is 0 Å². The predicted octanol–water partition coefficient (Wildman–Crippen LogP) is 3.65. The maximum atomic E-state index is 12.2. The highest BCUT2D eigenvalue weighted by atomic mass is 16.5. The Morgan fingerprint density at radius 1 is 1.13 bits per heavy atom. The van der Waals surface area contributed by atoms with Crippen molar-refractivity contribution in [3.63, 3.8) is 0 Å². The fourth-order valence-electron chi connectivity index (χ4n) is 5.35. The third-order valence-electron chi connectivity index (χ3n) is 6.30. The van der Waals surface area contributed by atoms with Gasteiger partial charge in [-0.1, -0.05) is 18.6 Å². The SMILES string of the molecule is COc1ccc(/C=C/C(=O)NC2CC3CC2C2CCCC32)cc1. The van der Waals surface area contributed by atoms with Gasteiger partial charge < -0.3 is 10.1 Å². The van der Waals surface area contributed by atoms with E-state index in [1.165, 1.54) is 32.1 Å². The molecular weight excluding hydrogens is 286 g/mol. The van der Waals surface area contributed by atoms with Crippen LogP contribution in [0.2, 0.25) is 0 Å². The number of nitrogens with one attached hydrogen (secondary N) is 1. The van der Waals surface area contributed by atoms with Crippen LogP contribution in [0.5, 0.6) is 5.75 Å². The lowest BCUT2D eigenvalue weighted by Crippen LogP contribution is -2.41. The number of rotatable bonds is 4. The Labute approximate surface area is 138 Å². The van der Waals surface area contributed by atoms with Gasteiger partial charge in [-0.25, -0.2) is 0 Å². The molecule has 1 N–H and O–H groups in total. The average molecular weight is 311 g/mol. The third-order valence-corrected chi connectivity index (χ3v) is 6.30. The summed E-state index contributed by atoms with van der Waals surface area (Å²) < 4.78 is 5.14. The van der Waals surface area contributed by atoms with E-state index in [0.29, 0.717) is 6.04 Å². The Kier molecular flexibility index (Phi) is 3.88. The van der Waals surface area contributed by atoms with Crippen molar-refractivity contribution in [1.29, 1.82) is 0 Å². The topological polar surface area (TPSA) is 38.3 Å². The van der Waals surface area contributed by atoms with Gasteiger partial charge in [0.25, 0.3) is 0 Å². The molecule has 3 aliphatic carbocycles. The highest BCUT2D eigenvalue weighted by molar-refractivity contribution is 5.92. The van der Waals surface area contributed by atoms with E-state index in [0.717, 1.165) is 35.0 Å². The van der Waals surface area contributed by atoms with Gasteiger partial charge in [0.15, 0.2) is 0 Å². The van der Waals surface area contributed by atoms with Gasteiger partial charge in [0.2, 0.25) is 5.91 Å². The van der Waals surface area contributed by atoms with Crippen molar-refractivity contribution in [2.45, 2.75) is 38.1 Å². The van der Waals surface area contributed by atoms with Crippen LogP contribution < -0.4 is 10.1 Å². The highest BCUT2D eigenvalue weighted by Crippen LogP contribution is 2.58. The van der Waals surface area contributed by atoms with E-state index in [1.807, 2.05) is 30.3 Å². The molecule has 0 spiro atoms. The molecule has 3 nitrogen and oxygen atoms in total. The highest BCUT2D eigenvalue weighted by Gasteiger charge is 2.53. The summed E-state index contributed by atoms with van der Waals surface area (Å²) in [4.78, 5) is 12.2. The van der Waals surface area contributed by atoms with Gasteiger partial charge in [-0.2, -0.15) is 0 Å². The van der Waals surface area contributed by atoms with Crippen molar-refractivity contribution in [2.24, 2.45) is 23.7 Å². The van der Waals surface area contributed by atoms with E-state index in [-0.39, 0.29) is 5.91 Å². The summed E-state index contributed by atoms with van der Waals surface area (Å²) in [5, 5.41) is 3.27. The van der Waals surface area contributed by atoms with Crippen LogP contribution in [0, 0.1) is 23.7 Å². The van der Waals surface area contributed by atoms with E-state index < -0.39 is 0 Å². The van der Waals surface area contributed by atoms with Crippen molar-refractivity contribution in [2.75, 3.05) is 7.11 Å². The van der Waals surface area contributed by atoms with Crippen LogP contribution in [-0.2, 0) is 4.79 Å². The van der Waals surface area contributed by atoms with Gasteiger partial charge in [0.1, 0.15) is 5.75 Å². The summed E-state index contributed by atoms with van der Waals surface area (Å²) in [7, 11) is 1.66. The summed E-state index contributed by atoms with van der Waals surface area (Å²) >= 11 is 0. The molecule has 5 atom stereocenters. The fraction of sp³-hybridized carbons (Fsp3) is 0.550. The van der Waals surface area contributed by atoms with Gasteiger partial charge in [0.05, 0.1) is 7.11 Å². The minimum Gasteiger partial charge on any atom is -0.497 e. The first-order chi connectivity index (χ1) is 11.2. The predicted molar refractivity (Wildman–Crippen MR) is 91.0 cm³/mol. The Hall–Kier alpha value is -1.77. The number of ether oxygens (including phenoxy) is 1. The first-order valence-electron chi connectivity index (χ1n) is 8.87. The van der Waals surface area contributed by atoms with E-state index in [9.17, 15) is 4.79 Å². The van der Waals surface area contributed by atoms with Gasteiger partial charge in [-0.05, 0) is 73.1 Å². The van der Waals surface area contributed by atoms with Crippen molar-refractivity contribution in [3.8, 4) is 5.75 Å². The van der Waals surface area contributed by atoms with Crippen molar-refractivity contribution >= 4 is 12.0 Å². The van der Waals surface area contributed by atoms with Crippen LogP contribution in [0.4, 0.5) is 0 Å². The Balaban J connectivity index is 1.34. The monoisotopic (exact) mass is 311 g/mol. The second-order valence-corrected chi connectivity index (χ2v) is 7.38. The first kappa shape index (κ1) is 14.8. The van der Waals surface area contributed by atoms with Crippen LogP contribution in [0.25, 0.3) is 6.08 Å². The molecule has 3 saturated carbocycles. The zero-order valence-electron chi connectivity index (χ0n) is 13.7. The molecule has 3 aliphatic rings. The summed E-state index contributed by atoms with van der Waals surface area (Å²) in [6.45, 7) is 0. The van der Waals surface area contributed by atoms with E-state index >= 15 is 0 Å². The maximum Gasteiger partial charge on any atom is 0.244 e. The summed E-state index contributed by atoms with van der Waals surface area (Å²) in [6.07, 6.45) is 10.3. The lowest BCUT2D eigenvalue weighted by Gasteiger charge is -2.31. The normalized spacial score (nSPS) is 34.7. The number of hydrogen-bond acceptors (Lipinski definition) is 2. The number of carbonyl (C=O) groups is 1. The summed E-state index contributed by atoms with van der Waals surface area (Å²) in [5.74, 6) is 4.37. The Morgan fingerprint density at radius 3 is 2.70 bits per heavy atom. The van der Waals surface area contributed by atoms with E-state index in [4.69, 9.17) is 4.74 Å². The molecule has 1 aromatic rings. The first-order valence-corrected chi connectivity index (χ1v) is 8.87. The van der Waals surface area contributed by atoms with E-state index in [2.05, 4.69) is 5.32 Å². The molecule has 0 heterocycles. The maximum absolute atomic E-state index is 12.2. The van der Waals surface area contributed by atoms with Gasteiger partial charge in [0, 0.05) is 12.1 Å². The number of hydrogen-bond donors (Lipinski definition) is 1. The van der Waals surface area contributed by atoms with Crippen LogP contribution in [0.15, 0.2) is 30.3 Å². The van der Waals surface area contributed by atoms with Crippen LogP contribution in [0.1, 0.15) is 37.7 Å². The molecule has 5 unspecified atom stereocenters. The lowest BCUT2D eigenvalue weighted by molar-refractivity contribution is -0.117. The van der Waals surface area contributed by atoms with Crippen LogP contribution >= 0.6 is 0 Å². The number of carbonyl (C=O) groups excluding carboxylic acids is 1. The molecule has 4 rings (SSSR count). The molecule has 1 amide bonds. The quantitative estimate of drug-likeness (QED) is 0.862. The fourth-order valence-corrected chi connectivity index (χ4v) is 5.35. The molecule has 3 heteroatoms. The molecule has 0 radical (unpaired) electrons. The smallest absolute Gasteiger partial charge is 0.244 e. The van der Waals surface area contributed by atoms with Crippen molar-refractivity contribution < 1.29 is 9.53 Å². The summed E-state index contributed by atoms with van der Waals surface area (Å²) in [5.41, 5.74) is 1.02. The largest absolute Gasteiger partial charge is 0.497 e. The molecule has 0 aliphatic heterocycles. The zero-order valence-corrected chi connectivity index (χ0v) is 13.7. The Morgan fingerprint density at radius 2 is 1.91 bits per heavy atom. The second kappa shape index (κ2) is 6.03. The number of benzene rings is 1. The molecule has 1 aromatic carbocycles. The number of methoxy groups -OCH3 is 1. The van der Waals surface area contributed by atoms with Crippen LogP contribution in [-0.4, -0.2) is 19.1 Å². The standard InChI is InChI=1S/C20H25NO2/c1-23-15-8-5-13(6-9-15)7-10-20(22)21-19-12-14-11-18(19)17-4-2-3-16(14)17/h5-10,14,16-19H,2-4,11-12H2,1H3,(H,21,22)/b10-7+. The third kappa shape index (κ3) is 2.77. The molecule has 2 bridgehead atoms. The molecule has 122 valence electrons. The minimum absolute atomic E-state index is 0.0490. The molecule has 3 fully saturated rings. The molecule has 0 saturated heterocycles. The van der Waals surface area contributed by atoms with Crippen molar-refractivity contribution in [1.82, 2.24) is 5.32 Å². The average Bonchev–Trinajstić information content (AvgIpc) is 3.26. The number of fused-ring (bicyclic) bond motifs is 5. The van der Waals surface area contributed by atoms with Gasteiger partial charge >= 0.3 is 0 Å². The molecular formula is C20H25NO2. The second-order valence-electron chi connectivity index (χ2n) is 7.38.